The van der Waals surface area contributed by atoms with E-state index in [2.05, 4.69) is 5.32 Å². The van der Waals surface area contributed by atoms with Crippen molar-refractivity contribution < 1.29 is 9.59 Å². The fraction of sp³-hybridized carbons (Fsp3) is 0.500. The Balaban J connectivity index is 3.03. The average molecular weight is 350 g/mol. The highest BCUT2D eigenvalue weighted by Gasteiger charge is 2.41. The van der Waals surface area contributed by atoms with Crippen LogP contribution in [-0.4, -0.2) is 32.6 Å². The first-order valence-electron chi connectivity index (χ1n) is 5.00. The number of rotatable bonds is 1. The van der Waals surface area contributed by atoms with Crippen LogP contribution in [-0.2, 0) is 4.79 Å². The van der Waals surface area contributed by atoms with Gasteiger partial charge in [-0.25, -0.2) is 0 Å². The highest BCUT2D eigenvalue weighted by atomic mass is 127. The number of nitrogens with zero attached hydrogens (tertiary/aromatic N) is 1. The summed E-state index contributed by atoms with van der Waals surface area (Å²) in [4.78, 5) is 23.9. The Morgan fingerprint density at radius 1 is 1.53 bits per heavy atom. The minimum Gasteiger partial charge on any atom is -0.400 e. The summed E-state index contributed by atoms with van der Waals surface area (Å²) in [6.07, 6.45) is 0. The van der Waals surface area contributed by atoms with Crippen molar-refractivity contribution in [3.63, 3.8) is 0 Å². The van der Waals surface area contributed by atoms with E-state index in [1.54, 1.807) is 27.5 Å². The molecule has 0 atom stereocenters. The fourth-order valence-electron chi connectivity index (χ4n) is 1.70. The van der Waals surface area contributed by atoms with Crippen molar-refractivity contribution in [1.82, 2.24) is 10.2 Å². The van der Waals surface area contributed by atoms with Gasteiger partial charge in [0.2, 0.25) is 5.91 Å². The third-order valence-electron chi connectivity index (χ3n) is 2.79. The van der Waals surface area contributed by atoms with Crippen LogP contribution in [0.2, 0.25) is 0 Å². The van der Waals surface area contributed by atoms with Crippen molar-refractivity contribution in [1.29, 1.82) is 5.41 Å². The second-order valence-corrected chi connectivity index (χ2v) is 5.27. The van der Waals surface area contributed by atoms with Gasteiger partial charge in [0.25, 0.3) is 3.91 Å². The van der Waals surface area contributed by atoms with Gasteiger partial charge in [0, 0.05) is 40.8 Å². The molecule has 0 bridgehead atoms. The van der Waals surface area contributed by atoms with Crippen LogP contribution in [0.3, 0.4) is 0 Å². The Morgan fingerprint density at radius 3 is 2.41 bits per heavy atom. The number of carbonyl (C=O) groups excluding carboxylic acids is 2. The van der Waals surface area contributed by atoms with Crippen LogP contribution in [0.15, 0.2) is 11.3 Å². The second kappa shape index (κ2) is 4.63. The molecule has 2 amide bonds. The lowest BCUT2D eigenvalue weighted by atomic mass is 10.0. The molecule has 1 aliphatic rings. The predicted octanol–water partition coefficient (Wildman–Crippen LogP) is 0.962. The molecule has 0 saturated heterocycles. The van der Waals surface area contributed by atoms with Crippen LogP contribution in [0.25, 0.3) is 0 Å². The summed E-state index contributed by atoms with van der Waals surface area (Å²) in [5, 5.41) is 10.1. The first-order chi connectivity index (χ1) is 7.67. The molecule has 0 fully saturated rings. The first-order valence-corrected chi connectivity index (χ1v) is 6.08. The van der Waals surface area contributed by atoms with E-state index in [-0.39, 0.29) is 22.2 Å². The highest BCUT2D eigenvalue weighted by Crippen LogP contribution is 2.32. The molecule has 1 aliphatic heterocycles. The zero-order chi connectivity index (χ0) is 13.4. The quantitative estimate of drug-likeness (QED) is 0.216. The topological polar surface area (TPSA) is 99.3 Å². The zero-order valence-corrected chi connectivity index (χ0v) is 12.1. The lowest BCUT2D eigenvalue weighted by Gasteiger charge is -2.31. The molecule has 17 heavy (non-hydrogen) atoms. The Kier molecular flexibility index (Phi) is 3.80. The summed E-state index contributed by atoms with van der Waals surface area (Å²) in [5.74, 6) is -0.365. The smallest absolute Gasteiger partial charge is 0.284 e. The van der Waals surface area contributed by atoms with E-state index in [1.165, 1.54) is 6.92 Å². The Hall–Kier alpha value is -1.12. The minimum atomic E-state index is -0.627. The Labute approximate surface area is 113 Å². The van der Waals surface area contributed by atoms with Gasteiger partial charge in [-0.05, 0) is 13.8 Å². The van der Waals surface area contributed by atoms with Gasteiger partial charge in [-0.2, -0.15) is 0 Å². The van der Waals surface area contributed by atoms with Crippen molar-refractivity contribution in [2.45, 2.75) is 26.3 Å². The van der Waals surface area contributed by atoms with E-state index < -0.39 is 5.54 Å². The molecule has 0 radical (unpaired) electrons. The first kappa shape index (κ1) is 13.9. The van der Waals surface area contributed by atoms with E-state index >= 15 is 0 Å². The molecule has 4 N–H and O–H groups in total. The molecule has 1 rings (SSSR count). The van der Waals surface area contributed by atoms with Crippen molar-refractivity contribution in [3.8, 4) is 0 Å². The van der Waals surface area contributed by atoms with Crippen molar-refractivity contribution in [2.24, 2.45) is 5.73 Å². The summed E-state index contributed by atoms with van der Waals surface area (Å²) >= 11 is 1.69. The average Bonchev–Trinajstić information content (AvgIpc) is 2.37. The molecule has 7 heteroatoms. The second-order valence-electron chi connectivity index (χ2n) is 4.35. The SMILES string of the molecule is CC(=O)NC(=N)C1=C(N)C(C)(C)N(C(=O)I)C1. The van der Waals surface area contributed by atoms with Crippen molar-refractivity contribution in [3.05, 3.63) is 11.3 Å². The summed E-state index contributed by atoms with van der Waals surface area (Å²) < 4.78 is -0.138. The van der Waals surface area contributed by atoms with Crippen LogP contribution >= 0.6 is 22.6 Å². The normalized spacial score (nSPS) is 18.2. The molecule has 0 aliphatic carbocycles. The predicted molar refractivity (Wildman–Crippen MR) is 73.0 cm³/mol. The van der Waals surface area contributed by atoms with Crippen LogP contribution in [0.5, 0.6) is 0 Å². The number of nitrogens with one attached hydrogen (secondary N) is 2. The third-order valence-corrected chi connectivity index (χ3v) is 3.37. The molecule has 0 aromatic rings. The van der Waals surface area contributed by atoms with Crippen LogP contribution < -0.4 is 11.1 Å². The molecule has 0 aromatic carbocycles. The number of amides is 2. The third kappa shape index (κ3) is 2.59. The van der Waals surface area contributed by atoms with E-state index in [1.807, 2.05) is 13.8 Å². The minimum absolute atomic E-state index is 0.0387. The largest absolute Gasteiger partial charge is 0.400 e. The van der Waals surface area contributed by atoms with Gasteiger partial charge in [-0.15, -0.1) is 0 Å². The molecule has 1 heterocycles. The number of carbonyl (C=O) groups is 2. The maximum Gasteiger partial charge on any atom is 0.284 e. The van der Waals surface area contributed by atoms with E-state index in [9.17, 15) is 9.59 Å². The van der Waals surface area contributed by atoms with E-state index in [0.717, 1.165) is 0 Å². The molecule has 6 nitrogen and oxygen atoms in total. The van der Waals surface area contributed by atoms with Gasteiger partial charge in [0.15, 0.2) is 0 Å². The van der Waals surface area contributed by atoms with Gasteiger partial charge in [-0.3, -0.25) is 15.0 Å². The Morgan fingerprint density at radius 2 is 2.06 bits per heavy atom. The van der Waals surface area contributed by atoms with Crippen molar-refractivity contribution >= 4 is 38.2 Å². The van der Waals surface area contributed by atoms with E-state index in [4.69, 9.17) is 11.1 Å². The van der Waals surface area contributed by atoms with Gasteiger partial charge < -0.3 is 16.0 Å². The zero-order valence-electron chi connectivity index (χ0n) is 9.93. The number of amidine groups is 1. The molecule has 0 saturated carbocycles. The fourth-order valence-corrected chi connectivity index (χ4v) is 2.48. The highest BCUT2D eigenvalue weighted by molar-refractivity contribution is 14.1. The summed E-state index contributed by atoms with van der Waals surface area (Å²) in [6.45, 7) is 5.20. The van der Waals surface area contributed by atoms with Gasteiger partial charge in [0.1, 0.15) is 5.84 Å². The lowest BCUT2D eigenvalue weighted by molar-refractivity contribution is -0.117. The van der Waals surface area contributed by atoms with Crippen LogP contribution in [0.4, 0.5) is 4.79 Å². The number of halogens is 1. The summed E-state index contributed by atoms with van der Waals surface area (Å²) in [6, 6.07) is 0. The summed E-state index contributed by atoms with van der Waals surface area (Å²) in [7, 11) is 0. The van der Waals surface area contributed by atoms with E-state index in [0.29, 0.717) is 11.3 Å². The lowest BCUT2D eigenvalue weighted by Crippen LogP contribution is -2.44. The van der Waals surface area contributed by atoms with Gasteiger partial charge in [-0.1, -0.05) is 0 Å². The Bertz CT molecular complexity index is 428. The molecule has 0 spiro atoms. The van der Waals surface area contributed by atoms with Crippen LogP contribution in [0, 0.1) is 5.41 Å². The molecular formula is C10H15IN4O2. The monoisotopic (exact) mass is 350 g/mol. The number of hydrogen-bond donors (Lipinski definition) is 3. The van der Waals surface area contributed by atoms with Crippen molar-refractivity contribution in [2.75, 3.05) is 6.54 Å². The number of nitrogens with two attached hydrogens (primary N) is 1. The summed E-state index contributed by atoms with van der Waals surface area (Å²) in [5.41, 5.74) is 6.27. The molecule has 94 valence electrons. The maximum absolute atomic E-state index is 11.5. The standard InChI is InChI=1S/C10H15IN4O2/c1-5(16)14-8(13)6-4-15(9(11)17)10(2,3)7(6)12/h4,12H2,1-3H3,(H2,13,14,16). The van der Waals surface area contributed by atoms with Crippen LogP contribution in [0.1, 0.15) is 20.8 Å². The van der Waals surface area contributed by atoms with Gasteiger partial charge >= 0.3 is 0 Å². The maximum atomic E-state index is 11.5. The number of hydrogen-bond acceptors (Lipinski definition) is 4. The molecular weight excluding hydrogens is 335 g/mol. The molecule has 0 unspecified atom stereocenters. The van der Waals surface area contributed by atoms with Gasteiger partial charge in [0.05, 0.1) is 12.1 Å². The molecule has 0 aromatic heterocycles.